The van der Waals surface area contributed by atoms with Crippen LogP contribution in [0.2, 0.25) is 10.0 Å². The van der Waals surface area contributed by atoms with E-state index in [9.17, 15) is 10.1 Å². The lowest BCUT2D eigenvalue weighted by Crippen LogP contribution is -2.57. The van der Waals surface area contributed by atoms with Gasteiger partial charge in [-0.25, -0.2) is 4.98 Å². The van der Waals surface area contributed by atoms with E-state index >= 15 is 0 Å². The summed E-state index contributed by atoms with van der Waals surface area (Å²) >= 11 is 12.4. The summed E-state index contributed by atoms with van der Waals surface area (Å²) in [6.07, 6.45) is 0. The van der Waals surface area contributed by atoms with Crippen molar-refractivity contribution in [2.24, 2.45) is 7.05 Å². The van der Waals surface area contributed by atoms with Crippen LogP contribution in [-0.4, -0.2) is 39.6 Å². The summed E-state index contributed by atoms with van der Waals surface area (Å²) in [6, 6.07) is 23.5. The number of pyridine rings is 2. The molecule has 6 nitrogen and oxygen atoms in total. The van der Waals surface area contributed by atoms with E-state index in [4.69, 9.17) is 23.2 Å². The van der Waals surface area contributed by atoms with Crippen LogP contribution in [0.4, 0.5) is 5.69 Å². The molecule has 1 aliphatic heterocycles. The Labute approximate surface area is 226 Å². The largest absolute Gasteiger partial charge is 0.364 e. The summed E-state index contributed by atoms with van der Waals surface area (Å²) in [4.78, 5) is 22.2. The van der Waals surface area contributed by atoms with Gasteiger partial charge in [0.1, 0.15) is 17.3 Å². The molecule has 0 unspecified atom stereocenters. The molecule has 0 bridgehead atoms. The molecule has 0 spiro atoms. The molecule has 2 atom stereocenters. The van der Waals surface area contributed by atoms with Crippen LogP contribution >= 0.6 is 23.2 Å². The van der Waals surface area contributed by atoms with E-state index in [0.29, 0.717) is 33.3 Å². The molecule has 37 heavy (non-hydrogen) atoms. The first-order valence-electron chi connectivity index (χ1n) is 12.2. The van der Waals surface area contributed by atoms with Gasteiger partial charge in [-0.3, -0.25) is 9.69 Å². The van der Waals surface area contributed by atoms with Crippen LogP contribution in [0.5, 0.6) is 0 Å². The minimum Gasteiger partial charge on any atom is -0.364 e. The van der Waals surface area contributed by atoms with E-state index in [2.05, 4.69) is 59.0 Å². The Bertz CT molecular complexity index is 1500. The topological polar surface area (TPSA) is 65.2 Å². The van der Waals surface area contributed by atoms with Gasteiger partial charge in [0.2, 0.25) is 0 Å². The van der Waals surface area contributed by atoms with E-state index in [0.717, 1.165) is 23.4 Å². The standard InChI is InChI=1S/C29H27Cl2N5O/c1-18-17-36(29(20-4-8-22(30)9-5-20)21-6-10-23(31)11-7-21)19(2)16-35(18)26-14-27(37)34(3)25-13-12-24(15-32)33-28(25)26/h4-14,18-19,29H,16-17H2,1-3H3/t18-,19+/m0/s1. The lowest BCUT2D eigenvalue weighted by atomic mass is 9.93. The van der Waals surface area contributed by atoms with Gasteiger partial charge in [0.25, 0.3) is 5.56 Å². The fraction of sp³-hybridized carbons (Fsp3) is 0.276. The predicted octanol–water partition coefficient (Wildman–Crippen LogP) is 5.80. The molecule has 4 aromatic rings. The molecule has 1 aliphatic rings. The fourth-order valence-corrected chi connectivity index (χ4v) is 5.56. The van der Waals surface area contributed by atoms with Crippen molar-refractivity contribution < 1.29 is 0 Å². The Balaban J connectivity index is 1.55. The maximum atomic E-state index is 12.8. The summed E-state index contributed by atoms with van der Waals surface area (Å²) in [7, 11) is 1.73. The second-order valence-corrected chi connectivity index (χ2v) is 10.5. The molecule has 0 aliphatic carbocycles. The number of hydrogen-bond acceptors (Lipinski definition) is 5. The quantitative estimate of drug-likeness (QED) is 0.333. The zero-order chi connectivity index (χ0) is 26.3. The third-order valence-electron chi connectivity index (χ3n) is 7.23. The average Bonchev–Trinajstić information content (AvgIpc) is 2.90. The second-order valence-electron chi connectivity index (χ2n) is 9.66. The molecule has 188 valence electrons. The molecule has 0 saturated carbocycles. The highest BCUT2D eigenvalue weighted by molar-refractivity contribution is 6.30. The number of halogens is 2. The molecule has 0 N–H and O–H groups in total. The number of aromatic nitrogens is 2. The molecular weight excluding hydrogens is 505 g/mol. The van der Waals surface area contributed by atoms with Crippen LogP contribution in [0, 0.1) is 11.3 Å². The summed E-state index contributed by atoms with van der Waals surface area (Å²) in [5.74, 6) is 0. The molecule has 5 rings (SSSR count). The number of fused-ring (bicyclic) bond motifs is 1. The van der Waals surface area contributed by atoms with Gasteiger partial charge >= 0.3 is 0 Å². The third kappa shape index (κ3) is 4.83. The Kier molecular flexibility index (Phi) is 6.96. The number of nitrogens with zero attached hydrogens (tertiary/aromatic N) is 5. The van der Waals surface area contributed by atoms with Crippen LogP contribution in [0.25, 0.3) is 11.0 Å². The van der Waals surface area contributed by atoms with Gasteiger partial charge in [-0.1, -0.05) is 47.5 Å². The van der Waals surface area contributed by atoms with E-state index in [1.165, 1.54) is 0 Å². The van der Waals surface area contributed by atoms with E-state index in [1.54, 1.807) is 29.8 Å². The van der Waals surface area contributed by atoms with Gasteiger partial charge in [-0.05, 0) is 61.4 Å². The van der Waals surface area contributed by atoms with Gasteiger partial charge in [-0.15, -0.1) is 0 Å². The molecule has 1 fully saturated rings. The number of benzene rings is 2. The number of aryl methyl sites for hydroxylation is 1. The molecule has 8 heteroatoms. The van der Waals surface area contributed by atoms with Crippen molar-refractivity contribution in [3.8, 4) is 6.07 Å². The minimum absolute atomic E-state index is 0.0119. The van der Waals surface area contributed by atoms with E-state index in [1.807, 2.05) is 24.3 Å². The lowest BCUT2D eigenvalue weighted by Gasteiger charge is -2.48. The van der Waals surface area contributed by atoms with Crippen molar-refractivity contribution in [2.45, 2.75) is 32.0 Å². The van der Waals surface area contributed by atoms with Crippen molar-refractivity contribution in [3.05, 3.63) is 104 Å². The number of anilines is 1. The van der Waals surface area contributed by atoms with Crippen LogP contribution in [0.1, 0.15) is 36.7 Å². The molecule has 0 amide bonds. The summed E-state index contributed by atoms with van der Waals surface area (Å²) < 4.78 is 1.58. The lowest BCUT2D eigenvalue weighted by molar-refractivity contribution is 0.130. The highest BCUT2D eigenvalue weighted by atomic mass is 35.5. The number of nitriles is 1. The molecule has 0 radical (unpaired) electrons. The smallest absolute Gasteiger partial charge is 0.252 e. The summed E-state index contributed by atoms with van der Waals surface area (Å²) in [5.41, 5.74) is 4.68. The Morgan fingerprint density at radius 2 is 1.51 bits per heavy atom. The van der Waals surface area contributed by atoms with Crippen molar-refractivity contribution in [3.63, 3.8) is 0 Å². The number of hydrogen-bond donors (Lipinski definition) is 0. The van der Waals surface area contributed by atoms with Crippen molar-refractivity contribution >= 4 is 39.9 Å². The number of rotatable bonds is 4. The first-order valence-corrected chi connectivity index (χ1v) is 13.0. The molecule has 2 aromatic heterocycles. The van der Waals surface area contributed by atoms with Crippen LogP contribution in [0.3, 0.4) is 0 Å². The van der Waals surface area contributed by atoms with Gasteiger partial charge in [0.05, 0.1) is 17.2 Å². The zero-order valence-electron chi connectivity index (χ0n) is 20.9. The molecule has 1 saturated heterocycles. The van der Waals surface area contributed by atoms with Crippen molar-refractivity contribution in [1.29, 1.82) is 5.26 Å². The third-order valence-corrected chi connectivity index (χ3v) is 7.73. The first-order chi connectivity index (χ1) is 17.8. The SMILES string of the molecule is C[C@@H]1CN(c2cc(=O)n(C)c3ccc(C#N)nc23)[C@@H](C)CN1C(c1ccc(Cl)cc1)c1ccc(Cl)cc1. The van der Waals surface area contributed by atoms with Crippen molar-refractivity contribution in [2.75, 3.05) is 18.0 Å². The average molecular weight is 532 g/mol. The summed E-state index contributed by atoms with van der Waals surface area (Å²) in [5, 5.41) is 10.8. The zero-order valence-corrected chi connectivity index (χ0v) is 22.4. The minimum atomic E-state index is -0.100. The van der Waals surface area contributed by atoms with E-state index in [-0.39, 0.29) is 23.7 Å². The maximum absolute atomic E-state index is 12.8. The van der Waals surface area contributed by atoms with Gasteiger partial charge < -0.3 is 9.47 Å². The first kappa shape index (κ1) is 25.3. The fourth-order valence-electron chi connectivity index (χ4n) is 5.31. The van der Waals surface area contributed by atoms with Crippen LogP contribution in [-0.2, 0) is 7.05 Å². The van der Waals surface area contributed by atoms with Gasteiger partial charge in [-0.2, -0.15) is 5.26 Å². The normalized spacial score (nSPS) is 18.4. The molecular formula is C29H27Cl2N5O. The van der Waals surface area contributed by atoms with Gasteiger partial charge in [0, 0.05) is 48.3 Å². The number of piperazine rings is 1. The van der Waals surface area contributed by atoms with Crippen molar-refractivity contribution in [1.82, 2.24) is 14.5 Å². The monoisotopic (exact) mass is 531 g/mol. The predicted molar refractivity (Wildman–Crippen MR) is 149 cm³/mol. The molecule has 2 aromatic carbocycles. The Morgan fingerprint density at radius 3 is 2.08 bits per heavy atom. The highest BCUT2D eigenvalue weighted by Crippen LogP contribution is 2.36. The highest BCUT2D eigenvalue weighted by Gasteiger charge is 2.36. The summed E-state index contributed by atoms with van der Waals surface area (Å²) in [6.45, 7) is 5.82. The molecule has 3 heterocycles. The van der Waals surface area contributed by atoms with Gasteiger partial charge in [0.15, 0.2) is 0 Å². The van der Waals surface area contributed by atoms with E-state index < -0.39 is 0 Å². The van der Waals surface area contributed by atoms with Crippen LogP contribution in [0.15, 0.2) is 71.5 Å². The van der Waals surface area contributed by atoms with Crippen LogP contribution < -0.4 is 10.5 Å². The Hall–Kier alpha value is -3.37. The second kappa shape index (κ2) is 10.2. The maximum Gasteiger partial charge on any atom is 0.252 e. The Morgan fingerprint density at radius 1 is 0.919 bits per heavy atom.